The van der Waals surface area contributed by atoms with Gasteiger partial charge in [-0.3, -0.25) is 4.79 Å². The molecule has 1 saturated carbocycles. The molecule has 0 spiro atoms. The van der Waals surface area contributed by atoms with Gasteiger partial charge in [0.1, 0.15) is 48.8 Å². The summed E-state index contributed by atoms with van der Waals surface area (Å²) in [6, 6.07) is -3.95. The van der Waals surface area contributed by atoms with Crippen LogP contribution in [0.2, 0.25) is 0 Å². The first-order valence-electron chi connectivity index (χ1n) is 12.4. The van der Waals surface area contributed by atoms with Crippen LogP contribution in [0.5, 0.6) is 0 Å². The number of carbonyl (C=O) groups excluding carboxylic acids is 1. The maximum absolute atomic E-state index is 11.6. The molecule has 2 aliphatic heterocycles. The second-order valence-electron chi connectivity index (χ2n) is 9.85. The zero-order chi connectivity index (χ0) is 27.6. The summed E-state index contributed by atoms with van der Waals surface area (Å²) in [5, 5.41) is 55.0. The fourth-order valence-corrected chi connectivity index (χ4v) is 4.80. The number of carbonyl (C=O) groups is 1. The summed E-state index contributed by atoms with van der Waals surface area (Å²) in [7, 11) is 0. The van der Waals surface area contributed by atoms with Gasteiger partial charge in [-0.05, 0) is 6.42 Å². The average molecular weight is 539 g/mol. The standard InChI is InChI=1S/C21H42N6O10/c1-2-10(28)27-5-9-13(29)11(25)16(32)21(35-9)37-19-7(24)3-6(23)18(17(19)33)36-20-12(26)15(31)14(30)8(4-22)34-20/h6-9,11-21,29-33H,2-5,22-26H2,1H3,(H,27,28)/t6-,7+,8+,9+,11-,12+,13+,14+,15+,16+,17-,18+,19-,20+,21+/m0/s1. The van der Waals surface area contributed by atoms with Crippen LogP contribution in [-0.2, 0) is 23.7 Å². The van der Waals surface area contributed by atoms with E-state index in [-0.39, 0.29) is 31.8 Å². The summed E-state index contributed by atoms with van der Waals surface area (Å²) in [5.74, 6) is -0.274. The molecule has 2 heterocycles. The number of nitrogens with one attached hydrogen (secondary N) is 1. The molecular formula is C21H42N6O10. The van der Waals surface area contributed by atoms with Crippen molar-refractivity contribution in [3.63, 3.8) is 0 Å². The molecule has 0 aromatic rings. The van der Waals surface area contributed by atoms with Gasteiger partial charge in [-0.2, -0.15) is 0 Å². The van der Waals surface area contributed by atoms with Crippen molar-refractivity contribution >= 4 is 5.91 Å². The summed E-state index contributed by atoms with van der Waals surface area (Å²) in [6.07, 6.45) is -13.6. The number of nitrogens with two attached hydrogens (primary N) is 5. The van der Waals surface area contributed by atoms with Crippen molar-refractivity contribution in [1.29, 1.82) is 0 Å². The summed E-state index contributed by atoms with van der Waals surface area (Å²) < 4.78 is 23.0. The third kappa shape index (κ3) is 6.56. The molecule has 16 heteroatoms. The van der Waals surface area contributed by atoms with Gasteiger partial charge in [-0.25, -0.2) is 0 Å². The third-order valence-corrected chi connectivity index (χ3v) is 7.20. The van der Waals surface area contributed by atoms with Gasteiger partial charge in [0.15, 0.2) is 12.6 Å². The Morgan fingerprint density at radius 2 is 1.38 bits per heavy atom. The lowest BCUT2D eigenvalue weighted by atomic mass is 9.84. The van der Waals surface area contributed by atoms with Crippen molar-refractivity contribution in [2.75, 3.05) is 13.1 Å². The maximum Gasteiger partial charge on any atom is 0.219 e. The van der Waals surface area contributed by atoms with Crippen molar-refractivity contribution in [1.82, 2.24) is 5.32 Å². The summed E-state index contributed by atoms with van der Waals surface area (Å²) in [5.41, 5.74) is 29.9. The molecule has 2 saturated heterocycles. The zero-order valence-corrected chi connectivity index (χ0v) is 20.7. The Kier molecular flexibility index (Phi) is 10.6. The Labute approximate surface area is 214 Å². The minimum absolute atomic E-state index is 0.0859. The Balaban J connectivity index is 1.71. The molecule has 1 amide bonds. The van der Waals surface area contributed by atoms with Crippen LogP contribution in [0.15, 0.2) is 0 Å². The quantitative estimate of drug-likeness (QED) is 0.137. The monoisotopic (exact) mass is 538 g/mol. The zero-order valence-electron chi connectivity index (χ0n) is 20.7. The van der Waals surface area contributed by atoms with Crippen LogP contribution in [0, 0.1) is 0 Å². The number of aliphatic hydroxyl groups is 5. The van der Waals surface area contributed by atoms with E-state index in [2.05, 4.69) is 5.32 Å². The highest BCUT2D eigenvalue weighted by Crippen LogP contribution is 2.31. The fraction of sp³-hybridized carbons (Fsp3) is 0.952. The van der Waals surface area contributed by atoms with E-state index in [9.17, 15) is 30.3 Å². The van der Waals surface area contributed by atoms with Gasteiger partial charge in [-0.1, -0.05) is 6.92 Å². The first kappa shape index (κ1) is 30.5. The molecule has 216 valence electrons. The number of hydrogen-bond donors (Lipinski definition) is 11. The second kappa shape index (κ2) is 12.8. The van der Waals surface area contributed by atoms with Crippen molar-refractivity contribution in [3.8, 4) is 0 Å². The summed E-state index contributed by atoms with van der Waals surface area (Å²) in [4.78, 5) is 11.6. The number of rotatable bonds is 8. The van der Waals surface area contributed by atoms with E-state index in [1.165, 1.54) is 0 Å². The Bertz CT molecular complexity index is 755. The first-order chi connectivity index (χ1) is 17.4. The Morgan fingerprint density at radius 3 is 1.95 bits per heavy atom. The molecule has 16 nitrogen and oxygen atoms in total. The van der Waals surface area contributed by atoms with E-state index in [1.807, 2.05) is 0 Å². The molecule has 15 atom stereocenters. The third-order valence-electron chi connectivity index (χ3n) is 7.20. The molecule has 0 aromatic heterocycles. The van der Waals surface area contributed by atoms with Gasteiger partial charge in [0, 0.05) is 31.6 Å². The molecular weight excluding hydrogens is 496 g/mol. The predicted octanol–water partition coefficient (Wildman–Crippen LogP) is -6.79. The van der Waals surface area contributed by atoms with Crippen LogP contribution in [-0.4, -0.2) is 136 Å². The molecule has 0 unspecified atom stereocenters. The molecule has 1 aliphatic carbocycles. The fourth-order valence-electron chi connectivity index (χ4n) is 4.80. The Morgan fingerprint density at radius 1 is 0.811 bits per heavy atom. The van der Waals surface area contributed by atoms with Crippen molar-refractivity contribution in [2.24, 2.45) is 28.7 Å². The van der Waals surface area contributed by atoms with Gasteiger partial charge in [0.2, 0.25) is 5.91 Å². The van der Waals surface area contributed by atoms with Gasteiger partial charge in [-0.15, -0.1) is 0 Å². The summed E-state index contributed by atoms with van der Waals surface area (Å²) >= 11 is 0. The lowest BCUT2D eigenvalue weighted by Gasteiger charge is -2.48. The van der Waals surface area contributed by atoms with Crippen LogP contribution in [0.3, 0.4) is 0 Å². The van der Waals surface area contributed by atoms with E-state index in [0.29, 0.717) is 0 Å². The second-order valence-corrected chi connectivity index (χ2v) is 9.85. The number of hydrogen-bond acceptors (Lipinski definition) is 15. The van der Waals surface area contributed by atoms with Crippen LogP contribution in [0.4, 0.5) is 0 Å². The van der Waals surface area contributed by atoms with E-state index in [4.69, 9.17) is 47.6 Å². The SMILES string of the molecule is CCC(=O)NC[C@H]1O[C@H](O[C@@H]2[C@@H](O)[C@H](O[C@H]3O[C@H](CN)[C@@H](O)[C@H](O)[C@H]3N)[C@@H](N)C[C@H]2N)[C@H](O)[C@@H](N)[C@@H]1O. The van der Waals surface area contributed by atoms with Crippen LogP contribution >= 0.6 is 0 Å². The van der Waals surface area contributed by atoms with Crippen molar-refractivity contribution < 1.29 is 49.3 Å². The average Bonchev–Trinajstić information content (AvgIpc) is 2.87. The lowest BCUT2D eigenvalue weighted by molar-refractivity contribution is -0.316. The predicted molar refractivity (Wildman–Crippen MR) is 126 cm³/mol. The van der Waals surface area contributed by atoms with E-state index in [0.717, 1.165) is 0 Å². The highest BCUT2D eigenvalue weighted by atomic mass is 16.7. The minimum atomic E-state index is -1.49. The highest BCUT2D eigenvalue weighted by Gasteiger charge is 2.51. The van der Waals surface area contributed by atoms with Crippen LogP contribution in [0.25, 0.3) is 0 Å². The number of amides is 1. The molecule has 16 N–H and O–H groups in total. The molecule has 3 rings (SSSR count). The molecule has 0 radical (unpaired) electrons. The topological polar surface area (TPSA) is 297 Å². The smallest absolute Gasteiger partial charge is 0.219 e. The van der Waals surface area contributed by atoms with E-state index < -0.39 is 91.7 Å². The van der Waals surface area contributed by atoms with Crippen LogP contribution in [0.1, 0.15) is 19.8 Å². The van der Waals surface area contributed by atoms with Crippen molar-refractivity contribution in [3.05, 3.63) is 0 Å². The van der Waals surface area contributed by atoms with E-state index in [1.54, 1.807) is 6.92 Å². The van der Waals surface area contributed by atoms with Gasteiger partial charge in [0.25, 0.3) is 0 Å². The molecule has 0 aromatic carbocycles. The Hall–Kier alpha value is -1.09. The highest BCUT2D eigenvalue weighted by molar-refractivity contribution is 5.75. The number of aliphatic hydroxyl groups excluding tert-OH is 5. The lowest BCUT2D eigenvalue weighted by Crippen LogP contribution is -2.69. The van der Waals surface area contributed by atoms with Gasteiger partial charge < -0.3 is 78.5 Å². The van der Waals surface area contributed by atoms with Gasteiger partial charge in [0.05, 0.1) is 18.2 Å². The maximum atomic E-state index is 11.6. The molecule has 3 aliphatic rings. The first-order valence-corrected chi connectivity index (χ1v) is 12.4. The summed E-state index contributed by atoms with van der Waals surface area (Å²) in [6.45, 7) is 1.45. The molecule has 0 bridgehead atoms. The van der Waals surface area contributed by atoms with Crippen LogP contribution < -0.4 is 34.0 Å². The van der Waals surface area contributed by atoms with Gasteiger partial charge >= 0.3 is 0 Å². The minimum Gasteiger partial charge on any atom is -0.389 e. The van der Waals surface area contributed by atoms with Crippen molar-refractivity contribution in [2.45, 2.75) is 111 Å². The normalized spacial score (nSPS) is 49.0. The molecule has 37 heavy (non-hydrogen) atoms. The largest absolute Gasteiger partial charge is 0.389 e. The molecule has 3 fully saturated rings. The van der Waals surface area contributed by atoms with E-state index >= 15 is 0 Å². The number of ether oxygens (including phenoxy) is 4.